The van der Waals surface area contributed by atoms with Crippen molar-refractivity contribution < 1.29 is 4.74 Å². The van der Waals surface area contributed by atoms with Gasteiger partial charge in [-0.1, -0.05) is 27.7 Å². The summed E-state index contributed by atoms with van der Waals surface area (Å²) in [7, 11) is 1.69. The van der Waals surface area contributed by atoms with Crippen LogP contribution in [-0.2, 0) is 0 Å². The SMILES string of the molecule is COc1cccnc1NC1CC(C)(C)CC(C)(C)C1. The summed E-state index contributed by atoms with van der Waals surface area (Å²) in [6.07, 6.45) is 5.44. The van der Waals surface area contributed by atoms with E-state index in [1.807, 2.05) is 18.3 Å². The molecule has 1 aromatic heterocycles. The van der Waals surface area contributed by atoms with Crippen molar-refractivity contribution in [2.45, 2.75) is 53.0 Å². The molecule has 0 saturated heterocycles. The number of aromatic nitrogens is 1. The van der Waals surface area contributed by atoms with Crippen molar-refractivity contribution in [3.8, 4) is 5.75 Å². The fourth-order valence-electron chi connectivity index (χ4n) is 3.81. The molecule has 3 heteroatoms. The van der Waals surface area contributed by atoms with Gasteiger partial charge in [0.1, 0.15) is 0 Å². The second-order valence-corrected chi connectivity index (χ2v) is 7.31. The molecule has 1 aromatic rings. The normalized spacial score (nSPS) is 21.9. The second kappa shape index (κ2) is 5.03. The Kier molecular flexibility index (Phi) is 3.75. The highest BCUT2D eigenvalue weighted by Gasteiger charge is 2.38. The van der Waals surface area contributed by atoms with E-state index in [2.05, 4.69) is 38.0 Å². The lowest BCUT2D eigenvalue weighted by molar-refractivity contribution is 0.105. The van der Waals surface area contributed by atoms with Crippen molar-refractivity contribution in [2.75, 3.05) is 12.4 Å². The molecule has 0 aliphatic heterocycles. The number of pyridine rings is 1. The minimum atomic E-state index is 0.376. The second-order valence-electron chi connectivity index (χ2n) is 7.31. The van der Waals surface area contributed by atoms with Gasteiger partial charge in [0, 0.05) is 12.2 Å². The van der Waals surface area contributed by atoms with E-state index < -0.39 is 0 Å². The number of anilines is 1. The Morgan fingerprint density at radius 1 is 1.21 bits per heavy atom. The van der Waals surface area contributed by atoms with Crippen LogP contribution in [0.25, 0.3) is 0 Å². The molecule has 1 saturated carbocycles. The van der Waals surface area contributed by atoms with Crippen molar-refractivity contribution in [2.24, 2.45) is 10.8 Å². The third-order valence-corrected chi connectivity index (χ3v) is 3.89. The van der Waals surface area contributed by atoms with Crippen LogP contribution in [0.3, 0.4) is 0 Å². The first-order valence-corrected chi connectivity index (χ1v) is 7.07. The number of methoxy groups -OCH3 is 1. The maximum atomic E-state index is 5.37. The van der Waals surface area contributed by atoms with Crippen molar-refractivity contribution in [1.29, 1.82) is 0 Å². The Morgan fingerprint density at radius 3 is 2.42 bits per heavy atom. The van der Waals surface area contributed by atoms with Gasteiger partial charge >= 0.3 is 0 Å². The number of nitrogens with zero attached hydrogens (tertiary/aromatic N) is 1. The van der Waals surface area contributed by atoms with Crippen LogP contribution in [0, 0.1) is 10.8 Å². The van der Waals surface area contributed by atoms with Crippen molar-refractivity contribution in [3.05, 3.63) is 18.3 Å². The molecule has 1 aliphatic carbocycles. The lowest BCUT2D eigenvalue weighted by atomic mass is 9.63. The van der Waals surface area contributed by atoms with E-state index in [9.17, 15) is 0 Å². The first-order chi connectivity index (χ1) is 8.81. The van der Waals surface area contributed by atoms with Gasteiger partial charge in [0.2, 0.25) is 0 Å². The van der Waals surface area contributed by atoms with E-state index >= 15 is 0 Å². The van der Waals surface area contributed by atoms with Crippen LogP contribution in [0.5, 0.6) is 5.75 Å². The van der Waals surface area contributed by atoms with Gasteiger partial charge in [0.25, 0.3) is 0 Å². The standard InChI is InChI=1S/C16H26N2O/c1-15(2)9-12(10-16(3,4)11-15)18-14-13(19-5)7-6-8-17-14/h6-8,12H,9-11H2,1-5H3,(H,17,18). The smallest absolute Gasteiger partial charge is 0.168 e. The fraction of sp³-hybridized carbons (Fsp3) is 0.688. The summed E-state index contributed by atoms with van der Waals surface area (Å²) in [5, 5.41) is 3.58. The predicted octanol–water partition coefficient (Wildman–Crippen LogP) is 4.11. The summed E-state index contributed by atoms with van der Waals surface area (Å²) < 4.78 is 5.37. The molecule has 0 spiro atoms. The molecule has 0 bridgehead atoms. The third-order valence-electron chi connectivity index (χ3n) is 3.89. The zero-order valence-corrected chi connectivity index (χ0v) is 12.8. The summed E-state index contributed by atoms with van der Waals surface area (Å²) in [6.45, 7) is 9.44. The highest BCUT2D eigenvalue weighted by atomic mass is 16.5. The maximum absolute atomic E-state index is 5.37. The van der Waals surface area contributed by atoms with Gasteiger partial charge in [0.15, 0.2) is 11.6 Å². The number of nitrogens with one attached hydrogen (secondary N) is 1. The Morgan fingerprint density at radius 2 is 1.84 bits per heavy atom. The molecule has 0 amide bonds. The van der Waals surface area contributed by atoms with Gasteiger partial charge in [-0.15, -0.1) is 0 Å². The summed E-state index contributed by atoms with van der Waals surface area (Å²) in [6, 6.07) is 4.32. The Balaban J connectivity index is 2.14. The monoisotopic (exact) mass is 262 g/mol. The summed E-state index contributed by atoms with van der Waals surface area (Å²) in [4.78, 5) is 4.40. The molecule has 3 nitrogen and oxygen atoms in total. The lowest BCUT2D eigenvalue weighted by Crippen LogP contribution is -2.40. The summed E-state index contributed by atoms with van der Waals surface area (Å²) in [5.41, 5.74) is 0.753. The Bertz CT molecular complexity index is 424. The first kappa shape index (κ1) is 14.2. The topological polar surface area (TPSA) is 34.1 Å². The minimum absolute atomic E-state index is 0.376. The van der Waals surface area contributed by atoms with Gasteiger partial charge < -0.3 is 10.1 Å². The zero-order chi connectivity index (χ0) is 14.1. The van der Waals surface area contributed by atoms with Crippen LogP contribution < -0.4 is 10.1 Å². The fourth-order valence-corrected chi connectivity index (χ4v) is 3.81. The lowest BCUT2D eigenvalue weighted by Gasteiger charge is -2.45. The maximum Gasteiger partial charge on any atom is 0.168 e. The molecule has 1 heterocycles. The van der Waals surface area contributed by atoms with E-state index in [4.69, 9.17) is 4.74 Å². The molecule has 1 N–H and O–H groups in total. The molecular formula is C16H26N2O. The molecule has 1 aliphatic rings. The molecule has 0 aromatic carbocycles. The predicted molar refractivity (Wildman–Crippen MR) is 79.6 cm³/mol. The highest BCUT2D eigenvalue weighted by molar-refractivity contribution is 5.50. The van der Waals surface area contributed by atoms with Crippen LogP contribution in [0.1, 0.15) is 47.0 Å². The molecule has 2 rings (SSSR count). The van der Waals surface area contributed by atoms with Gasteiger partial charge in [0.05, 0.1) is 7.11 Å². The summed E-state index contributed by atoms with van der Waals surface area (Å²) in [5.74, 6) is 1.69. The number of hydrogen-bond acceptors (Lipinski definition) is 3. The molecule has 0 atom stereocenters. The Labute approximate surface area is 116 Å². The van der Waals surface area contributed by atoms with Crippen molar-refractivity contribution in [1.82, 2.24) is 4.98 Å². The van der Waals surface area contributed by atoms with E-state index in [1.165, 1.54) is 19.3 Å². The average Bonchev–Trinajstić information content (AvgIpc) is 2.25. The minimum Gasteiger partial charge on any atom is -0.493 e. The molecule has 0 radical (unpaired) electrons. The van der Waals surface area contributed by atoms with Crippen molar-refractivity contribution in [3.63, 3.8) is 0 Å². The van der Waals surface area contributed by atoms with E-state index in [-0.39, 0.29) is 0 Å². The Hall–Kier alpha value is -1.25. The van der Waals surface area contributed by atoms with Crippen molar-refractivity contribution >= 4 is 5.82 Å². The van der Waals surface area contributed by atoms with E-state index in [1.54, 1.807) is 7.11 Å². The van der Waals surface area contributed by atoms with E-state index in [0.29, 0.717) is 16.9 Å². The molecule has 1 fully saturated rings. The largest absolute Gasteiger partial charge is 0.493 e. The van der Waals surface area contributed by atoms with Crippen LogP contribution in [0.15, 0.2) is 18.3 Å². The van der Waals surface area contributed by atoms with Gasteiger partial charge in [-0.3, -0.25) is 0 Å². The highest BCUT2D eigenvalue weighted by Crippen LogP contribution is 2.46. The number of ether oxygens (including phenoxy) is 1. The first-order valence-electron chi connectivity index (χ1n) is 7.07. The van der Waals surface area contributed by atoms with Crippen LogP contribution >= 0.6 is 0 Å². The zero-order valence-electron chi connectivity index (χ0n) is 12.8. The summed E-state index contributed by atoms with van der Waals surface area (Å²) >= 11 is 0. The van der Waals surface area contributed by atoms with Gasteiger partial charge in [-0.25, -0.2) is 4.98 Å². The number of rotatable bonds is 3. The van der Waals surface area contributed by atoms with E-state index in [0.717, 1.165) is 11.6 Å². The third kappa shape index (κ3) is 3.62. The quantitative estimate of drug-likeness (QED) is 0.890. The molecular weight excluding hydrogens is 236 g/mol. The molecule has 0 unspecified atom stereocenters. The molecule has 19 heavy (non-hydrogen) atoms. The van der Waals surface area contributed by atoms with Crippen LogP contribution in [0.2, 0.25) is 0 Å². The van der Waals surface area contributed by atoms with Crippen LogP contribution in [-0.4, -0.2) is 18.1 Å². The van der Waals surface area contributed by atoms with Crippen LogP contribution in [0.4, 0.5) is 5.82 Å². The van der Waals surface area contributed by atoms with Gasteiger partial charge in [-0.2, -0.15) is 0 Å². The number of hydrogen-bond donors (Lipinski definition) is 1. The molecule has 106 valence electrons. The van der Waals surface area contributed by atoms with Gasteiger partial charge in [-0.05, 0) is 42.2 Å². The average molecular weight is 262 g/mol.